The smallest absolute Gasteiger partial charge is 0.124 e. The van der Waals surface area contributed by atoms with Crippen LogP contribution in [0.2, 0.25) is 0 Å². The van der Waals surface area contributed by atoms with Crippen molar-refractivity contribution in [3.63, 3.8) is 0 Å². The summed E-state index contributed by atoms with van der Waals surface area (Å²) in [6, 6.07) is 0.489. The lowest BCUT2D eigenvalue weighted by Gasteiger charge is -2.17. The van der Waals surface area contributed by atoms with Crippen LogP contribution in [0.3, 0.4) is 0 Å². The number of likely N-dealkylation sites (tertiary alicyclic amines) is 1. The first-order valence-corrected chi connectivity index (χ1v) is 5.66. The molecule has 0 spiro atoms. The zero-order chi connectivity index (χ0) is 10.8. The average molecular weight is 208 g/mol. The Morgan fingerprint density at radius 3 is 2.87 bits per heavy atom. The van der Waals surface area contributed by atoms with Crippen LogP contribution in [0.5, 0.6) is 0 Å². The third-order valence-electron chi connectivity index (χ3n) is 3.29. The zero-order valence-corrected chi connectivity index (χ0v) is 9.61. The number of hydrogen-bond donors (Lipinski definition) is 1. The highest BCUT2D eigenvalue weighted by Gasteiger charge is 2.19. The van der Waals surface area contributed by atoms with Crippen molar-refractivity contribution in [2.75, 3.05) is 25.9 Å². The van der Waals surface area contributed by atoms with E-state index < -0.39 is 0 Å². The van der Waals surface area contributed by atoms with E-state index in [1.807, 2.05) is 17.8 Å². The molecule has 2 rings (SSSR count). The minimum atomic E-state index is 0.489. The minimum Gasteiger partial charge on any atom is -0.384 e. The van der Waals surface area contributed by atoms with Crippen LogP contribution in [0.25, 0.3) is 0 Å². The second kappa shape index (κ2) is 4.23. The molecule has 0 aromatic carbocycles. The summed E-state index contributed by atoms with van der Waals surface area (Å²) >= 11 is 0. The van der Waals surface area contributed by atoms with Gasteiger partial charge in [0.2, 0.25) is 0 Å². The number of aryl methyl sites for hydroxylation is 1. The molecule has 2 N–H and O–H groups in total. The maximum absolute atomic E-state index is 6.01. The molecule has 1 fully saturated rings. The molecule has 2 heterocycles. The molecular formula is C11H20N4. The van der Waals surface area contributed by atoms with Crippen LogP contribution in [-0.2, 0) is 0 Å². The summed E-state index contributed by atoms with van der Waals surface area (Å²) in [6.07, 6.45) is 5.45. The quantitative estimate of drug-likeness (QED) is 0.759. The molecule has 1 atom stereocenters. The van der Waals surface area contributed by atoms with E-state index in [9.17, 15) is 0 Å². The minimum absolute atomic E-state index is 0.489. The third kappa shape index (κ3) is 2.15. The van der Waals surface area contributed by atoms with Crippen molar-refractivity contribution in [1.82, 2.24) is 14.7 Å². The van der Waals surface area contributed by atoms with Crippen molar-refractivity contribution < 1.29 is 0 Å². The topological polar surface area (TPSA) is 47.1 Å². The van der Waals surface area contributed by atoms with E-state index >= 15 is 0 Å². The van der Waals surface area contributed by atoms with Crippen LogP contribution in [0.1, 0.15) is 30.9 Å². The molecule has 1 aromatic rings. The molecule has 1 aliphatic rings. The molecule has 1 aromatic heterocycles. The first-order chi connectivity index (χ1) is 7.18. The van der Waals surface area contributed by atoms with Crippen molar-refractivity contribution in [2.45, 2.75) is 32.2 Å². The molecule has 0 radical (unpaired) electrons. The lowest BCUT2D eigenvalue weighted by Crippen LogP contribution is -2.20. The van der Waals surface area contributed by atoms with Gasteiger partial charge in [-0.15, -0.1) is 0 Å². The molecule has 1 aliphatic heterocycles. The summed E-state index contributed by atoms with van der Waals surface area (Å²) in [7, 11) is 2.18. The van der Waals surface area contributed by atoms with Crippen LogP contribution in [0, 0.1) is 6.92 Å². The molecule has 1 saturated heterocycles. The lowest BCUT2D eigenvalue weighted by molar-refractivity contribution is 0.337. The summed E-state index contributed by atoms with van der Waals surface area (Å²) in [5, 5.41) is 4.38. The first-order valence-electron chi connectivity index (χ1n) is 5.66. The molecule has 1 unspecified atom stereocenters. The van der Waals surface area contributed by atoms with Crippen LogP contribution >= 0.6 is 0 Å². The van der Waals surface area contributed by atoms with Gasteiger partial charge in [0.05, 0.1) is 12.2 Å². The highest BCUT2D eigenvalue weighted by Crippen LogP contribution is 2.25. The molecule has 84 valence electrons. The van der Waals surface area contributed by atoms with E-state index in [1.165, 1.54) is 19.4 Å². The van der Waals surface area contributed by atoms with Crippen molar-refractivity contribution in [1.29, 1.82) is 0 Å². The van der Waals surface area contributed by atoms with Gasteiger partial charge in [0.25, 0.3) is 0 Å². The standard InChI is InChI=1S/C11H20N4/c1-9-8-13-15(11(9)12)10-4-3-6-14(2)7-5-10/h8,10H,3-7,12H2,1-2H3. The molecular weight excluding hydrogens is 188 g/mol. The number of nitrogens with zero attached hydrogens (tertiary/aromatic N) is 3. The van der Waals surface area contributed by atoms with E-state index in [0.717, 1.165) is 24.3 Å². The summed E-state index contributed by atoms with van der Waals surface area (Å²) in [5.41, 5.74) is 7.10. The molecule has 0 saturated carbocycles. The van der Waals surface area contributed by atoms with Gasteiger partial charge in [0, 0.05) is 5.56 Å². The largest absolute Gasteiger partial charge is 0.384 e. The van der Waals surface area contributed by atoms with Gasteiger partial charge in [0.15, 0.2) is 0 Å². The van der Waals surface area contributed by atoms with Gasteiger partial charge in [-0.3, -0.25) is 0 Å². The number of nitrogen functional groups attached to an aromatic ring is 1. The predicted molar refractivity (Wildman–Crippen MR) is 61.8 cm³/mol. The Labute approximate surface area is 91.1 Å². The van der Waals surface area contributed by atoms with Crippen LogP contribution < -0.4 is 5.73 Å². The Morgan fingerprint density at radius 1 is 1.40 bits per heavy atom. The van der Waals surface area contributed by atoms with E-state index in [4.69, 9.17) is 5.73 Å². The van der Waals surface area contributed by atoms with Crippen LogP contribution in [0.4, 0.5) is 5.82 Å². The molecule has 4 nitrogen and oxygen atoms in total. The SMILES string of the molecule is Cc1cnn(C2CCCN(C)CC2)c1N. The second-order valence-corrected chi connectivity index (χ2v) is 4.55. The number of aromatic nitrogens is 2. The first kappa shape index (κ1) is 10.5. The van der Waals surface area contributed by atoms with Gasteiger partial charge in [-0.2, -0.15) is 5.10 Å². The molecule has 0 amide bonds. The Kier molecular flexibility index (Phi) is 2.95. The van der Waals surface area contributed by atoms with E-state index in [-0.39, 0.29) is 0 Å². The fraction of sp³-hybridized carbons (Fsp3) is 0.727. The Hall–Kier alpha value is -1.03. The summed E-state index contributed by atoms with van der Waals surface area (Å²) in [4.78, 5) is 2.38. The number of rotatable bonds is 1. The van der Waals surface area contributed by atoms with E-state index in [2.05, 4.69) is 17.0 Å². The van der Waals surface area contributed by atoms with Crippen LogP contribution in [-0.4, -0.2) is 34.8 Å². The summed E-state index contributed by atoms with van der Waals surface area (Å²) in [5.74, 6) is 0.838. The van der Waals surface area contributed by atoms with Gasteiger partial charge < -0.3 is 10.6 Å². The van der Waals surface area contributed by atoms with Crippen molar-refractivity contribution in [2.24, 2.45) is 0 Å². The average Bonchev–Trinajstić information content (AvgIpc) is 2.43. The zero-order valence-electron chi connectivity index (χ0n) is 9.61. The van der Waals surface area contributed by atoms with Gasteiger partial charge >= 0.3 is 0 Å². The normalized spacial score (nSPS) is 24.0. The molecule has 0 bridgehead atoms. The maximum atomic E-state index is 6.01. The number of anilines is 1. The lowest BCUT2D eigenvalue weighted by atomic mass is 10.1. The predicted octanol–water partition coefficient (Wildman–Crippen LogP) is 1.43. The van der Waals surface area contributed by atoms with Crippen LogP contribution in [0.15, 0.2) is 6.20 Å². The van der Waals surface area contributed by atoms with Gasteiger partial charge in [-0.25, -0.2) is 4.68 Å². The monoisotopic (exact) mass is 208 g/mol. The maximum Gasteiger partial charge on any atom is 0.124 e. The van der Waals surface area contributed by atoms with Gasteiger partial charge in [-0.05, 0) is 46.3 Å². The summed E-state index contributed by atoms with van der Waals surface area (Å²) < 4.78 is 2.01. The Balaban J connectivity index is 2.13. The fourth-order valence-electron chi connectivity index (χ4n) is 2.22. The summed E-state index contributed by atoms with van der Waals surface area (Å²) in [6.45, 7) is 4.35. The van der Waals surface area contributed by atoms with E-state index in [1.54, 1.807) is 0 Å². The van der Waals surface area contributed by atoms with Gasteiger partial charge in [0.1, 0.15) is 5.82 Å². The van der Waals surface area contributed by atoms with Crippen molar-refractivity contribution >= 4 is 5.82 Å². The third-order valence-corrected chi connectivity index (χ3v) is 3.29. The number of hydrogen-bond acceptors (Lipinski definition) is 3. The highest BCUT2D eigenvalue weighted by atomic mass is 15.3. The number of nitrogens with two attached hydrogens (primary N) is 1. The Bertz CT molecular complexity index is 331. The highest BCUT2D eigenvalue weighted by molar-refractivity contribution is 5.37. The molecule has 4 heteroatoms. The van der Waals surface area contributed by atoms with Crippen molar-refractivity contribution in [3.05, 3.63) is 11.8 Å². The van der Waals surface area contributed by atoms with E-state index in [0.29, 0.717) is 6.04 Å². The second-order valence-electron chi connectivity index (χ2n) is 4.55. The van der Waals surface area contributed by atoms with Gasteiger partial charge in [-0.1, -0.05) is 0 Å². The fourth-order valence-corrected chi connectivity index (χ4v) is 2.22. The molecule has 15 heavy (non-hydrogen) atoms. The Morgan fingerprint density at radius 2 is 2.20 bits per heavy atom. The molecule has 0 aliphatic carbocycles. The van der Waals surface area contributed by atoms with Crippen molar-refractivity contribution in [3.8, 4) is 0 Å².